The Morgan fingerprint density at radius 3 is 2.31 bits per heavy atom. The fourth-order valence-electron chi connectivity index (χ4n) is 0.917. The molecule has 16 heavy (non-hydrogen) atoms. The van der Waals surface area contributed by atoms with Gasteiger partial charge in [-0.3, -0.25) is 4.79 Å². The van der Waals surface area contributed by atoms with Crippen LogP contribution in [0.2, 0.25) is 0 Å². The molecular formula is C11H24N2O3. The number of carbonyl (C=O) groups is 1. The van der Waals surface area contributed by atoms with Gasteiger partial charge in [0, 0.05) is 12.1 Å². The summed E-state index contributed by atoms with van der Waals surface area (Å²) in [5, 5.41) is 11.2. The first kappa shape index (κ1) is 15.3. The summed E-state index contributed by atoms with van der Waals surface area (Å²) in [4.78, 5) is 11.8. The maximum Gasteiger partial charge on any atom is 0.227 e. The van der Waals surface area contributed by atoms with Gasteiger partial charge in [0.2, 0.25) is 5.91 Å². The monoisotopic (exact) mass is 232 g/mol. The number of rotatable bonds is 7. The first-order chi connectivity index (χ1) is 7.23. The Morgan fingerprint density at radius 2 is 1.88 bits per heavy atom. The molecule has 5 heteroatoms. The van der Waals surface area contributed by atoms with Crippen LogP contribution in [0, 0.1) is 5.41 Å². The summed E-state index contributed by atoms with van der Waals surface area (Å²) in [5.74, 6) is -0.0902. The number of ether oxygens (including phenoxy) is 1. The number of carbonyl (C=O) groups excluding carboxylic acids is 1. The first-order valence-electron chi connectivity index (χ1n) is 5.49. The molecule has 0 heterocycles. The van der Waals surface area contributed by atoms with Gasteiger partial charge in [-0.05, 0) is 27.7 Å². The highest BCUT2D eigenvalue weighted by molar-refractivity contribution is 5.83. The lowest BCUT2D eigenvalue weighted by Gasteiger charge is -2.36. The van der Waals surface area contributed by atoms with Crippen LogP contribution in [0.1, 0.15) is 27.7 Å². The van der Waals surface area contributed by atoms with Crippen LogP contribution in [-0.2, 0) is 9.53 Å². The molecule has 0 aliphatic rings. The van der Waals surface area contributed by atoms with E-state index in [-0.39, 0.29) is 12.5 Å². The minimum atomic E-state index is -0.635. The van der Waals surface area contributed by atoms with E-state index in [1.165, 1.54) is 0 Å². The molecule has 4 N–H and O–H groups in total. The molecule has 0 aromatic carbocycles. The van der Waals surface area contributed by atoms with Crippen LogP contribution in [0.3, 0.4) is 0 Å². The van der Waals surface area contributed by atoms with Crippen molar-refractivity contribution in [2.24, 2.45) is 11.1 Å². The lowest BCUT2D eigenvalue weighted by Crippen LogP contribution is -2.55. The Morgan fingerprint density at radius 1 is 1.31 bits per heavy atom. The molecule has 0 aromatic heterocycles. The Hall–Kier alpha value is -0.650. The Labute approximate surface area is 97.3 Å². The summed E-state index contributed by atoms with van der Waals surface area (Å²) in [5.41, 5.74) is 4.73. The van der Waals surface area contributed by atoms with Crippen LogP contribution in [-0.4, -0.2) is 42.9 Å². The largest absolute Gasteiger partial charge is 0.394 e. The van der Waals surface area contributed by atoms with E-state index in [9.17, 15) is 4.79 Å². The maximum atomic E-state index is 11.8. The van der Waals surface area contributed by atoms with Crippen LogP contribution in [0.25, 0.3) is 0 Å². The Balaban J connectivity index is 3.98. The predicted molar refractivity (Wildman–Crippen MR) is 63.0 cm³/mol. The molecule has 0 saturated carbocycles. The van der Waals surface area contributed by atoms with E-state index in [0.717, 1.165) is 0 Å². The summed E-state index contributed by atoms with van der Waals surface area (Å²) in [6, 6.07) is 0. The van der Waals surface area contributed by atoms with E-state index in [0.29, 0.717) is 19.8 Å². The summed E-state index contributed by atoms with van der Waals surface area (Å²) < 4.78 is 5.04. The minimum Gasteiger partial charge on any atom is -0.394 e. The third-order valence-corrected chi connectivity index (χ3v) is 2.95. The second kappa shape index (κ2) is 6.18. The number of aliphatic hydroxyl groups excluding tert-OH is 1. The predicted octanol–water partition coefficient (Wildman–Crippen LogP) is -0.125. The minimum absolute atomic E-state index is 0.00469. The van der Waals surface area contributed by atoms with Crippen molar-refractivity contribution in [2.75, 3.05) is 26.4 Å². The number of hydrogen-bond donors (Lipinski definition) is 3. The standard InChI is InChI=1S/C11H24N2O3/c1-10(2,11(3,4)12)9(15)13-5-7-16-8-6-14/h14H,5-8,12H2,1-4H3,(H,13,15). The summed E-state index contributed by atoms with van der Waals surface area (Å²) in [7, 11) is 0. The molecule has 0 radical (unpaired) electrons. The highest BCUT2D eigenvalue weighted by Crippen LogP contribution is 2.28. The Bertz CT molecular complexity index is 222. The number of amides is 1. The maximum absolute atomic E-state index is 11.8. The summed E-state index contributed by atoms with van der Waals surface area (Å²) in [6.07, 6.45) is 0. The Kier molecular flexibility index (Phi) is 5.92. The first-order valence-corrected chi connectivity index (χ1v) is 5.49. The van der Waals surface area contributed by atoms with Crippen molar-refractivity contribution in [1.82, 2.24) is 5.32 Å². The average molecular weight is 232 g/mol. The van der Waals surface area contributed by atoms with Crippen molar-refractivity contribution in [3.8, 4) is 0 Å². The van der Waals surface area contributed by atoms with Gasteiger partial charge in [0.1, 0.15) is 0 Å². The topological polar surface area (TPSA) is 84.6 Å². The van der Waals surface area contributed by atoms with Gasteiger partial charge in [0.05, 0.1) is 25.2 Å². The van der Waals surface area contributed by atoms with Crippen molar-refractivity contribution >= 4 is 5.91 Å². The quantitative estimate of drug-likeness (QED) is 0.534. The lowest BCUT2D eigenvalue weighted by atomic mass is 9.74. The highest BCUT2D eigenvalue weighted by Gasteiger charge is 2.40. The summed E-state index contributed by atoms with van der Waals surface area (Å²) >= 11 is 0. The van der Waals surface area contributed by atoms with Crippen LogP contribution in [0.4, 0.5) is 0 Å². The second-order valence-electron chi connectivity index (χ2n) is 4.94. The smallest absolute Gasteiger partial charge is 0.227 e. The number of nitrogens with one attached hydrogen (secondary N) is 1. The van der Waals surface area contributed by atoms with Gasteiger partial charge in [-0.25, -0.2) is 0 Å². The SMILES string of the molecule is CC(C)(N)C(C)(C)C(=O)NCCOCCO. The molecule has 0 saturated heterocycles. The van der Waals surface area contributed by atoms with E-state index in [1.807, 2.05) is 27.7 Å². The van der Waals surface area contributed by atoms with Crippen molar-refractivity contribution in [3.63, 3.8) is 0 Å². The van der Waals surface area contributed by atoms with Crippen molar-refractivity contribution < 1.29 is 14.6 Å². The molecule has 0 unspecified atom stereocenters. The zero-order valence-corrected chi connectivity index (χ0v) is 10.7. The van der Waals surface area contributed by atoms with Gasteiger partial charge < -0.3 is 20.9 Å². The van der Waals surface area contributed by atoms with Crippen LogP contribution >= 0.6 is 0 Å². The molecule has 0 spiro atoms. The fraction of sp³-hybridized carbons (Fsp3) is 0.909. The van der Waals surface area contributed by atoms with Crippen LogP contribution < -0.4 is 11.1 Å². The van der Waals surface area contributed by atoms with Gasteiger partial charge in [-0.15, -0.1) is 0 Å². The van der Waals surface area contributed by atoms with Crippen LogP contribution in [0.15, 0.2) is 0 Å². The van der Waals surface area contributed by atoms with Crippen molar-refractivity contribution in [3.05, 3.63) is 0 Å². The molecular weight excluding hydrogens is 208 g/mol. The van der Waals surface area contributed by atoms with Gasteiger partial charge in [-0.2, -0.15) is 0 Å². The molecule has 0 bridgehead atoms. The molecule has 5 nitrogen and oxygen atoms in total. The number of hydrogen-bond acceptors (Lipinski definition) is 4. The zero-order valence-electron chi connectivity index (χ0n) is 10.7. The molecule has 0 atom stereocenters. The van der Waals surface area contributed by atoms with Crippen molar-refractivity contribution in [1.29, 1.82) is 0 Å². The van der Waals surface area contributed by atoms with E-state index in [2.05, 4.69) is 5.32 Å². The number of aliphatic hydroxyl groups is 1. The zero-order chi connectivity index (χ0) is 12.8. The molecule has 0 rings (SSSR count). The normalized spacial score (nSPS) is 12.6. The molecule has 1 amide bonds. The van der Waals surface area contributed by atoms with Crippen molar-refractivity contribution in [2.45, 2.75) is 33.2 Å². The molecule has 0 aromatic rings. The third kappa shape index (κ3) is 4.47. The van der Waals surface area contributed by atoms with Gasteiger partial charge in [0.15, 0.2) is 0 Å². The average Bonchev–Trinajstić information content (AvgIpc) is 2.15. The van der Waals surface area contributed by atoms with E-state index in [1.54, 1.807) is 0 Å². The highest BCUT2D eigenvalue weighted by atomic mass is 16.5. The molecule has 0 aliphatic heterocycles. The van der Waals surface area contributed by atoms with Gasteiger partial charge in [-0.1, -0.05) is 0 Å². The van der Waals surface area contributed by atoms with Gasteiger partial charge in [0.25, 0.3) is 0 Å². The third-order valence-electron chi connectivity index (χ3n) is 2.95. The summed E-state index contributed by atoms with van der Waals surface area (Å²) in [6.45, 7) is 8.40. The van der Waals surface area contributed by atoms with Gasteiger partial charge >= 0.3 is 0 Å². The molecule has 0 fully saturated rings. The fourth-order valence-corrected chi connectivity index (χ4v) is 0.917. The molecule has 96 valence electrons. The lowest BCUT2D eigenvalue weighted by molar-refractivity contribution is -0.132. The number of nitrogens with two attached hydrogens (primary N) is 1. The van der Waals surface area contributed by atoms with Crippen LogP contribution in [0.5, 0.6) is 0 Å². The van der Waals surface area contributed by atoms with E-state index >= 15 is 0 Å². The second-order valence-corrected chi connectivity index (χ2v) is 4.94. The molecule has 0 aliphatic carbocycles. The van der Waals surface area contributed by atoms with E-state index in [4.69, 9.17) is 15.6 Å². The van der Waals surface area contributed by atoms with E-state index < -0.39 is 11.0 Å².